The number of anilines is 1. The summed E-state index contributed by atoms with van der Waals surface area (Å²) in [4.78, 5) is 27.4. The van der Waals surface area contributed by atoms with Crippen molar-refractivity contribution < 1.29 is 19.1 Å². The Morgan fingerprint density at radius 2 is 2.21 bits per heavy atom. The zero-order chi connectivity index (χ0) is 14.6. The first-order valence-electron chi connectivity index (χ1n) is 5.69. The first kappa shape index (κ1) is 14.9. The van der Waals surface area contributed by atoms with E-state index in [0.29, 0.717) is 0 Å². The van der Waals surface area contributed by atoms with Crippen LogP contribution in [0.3, 0.4) is 0 Å². The maximum Gasteiger partial charge on any atom is 0.338 e. The van der Waals surface area contributed by atoms with Crippen LogP contribution in [-0.2, 0) is 4.79 Å². The summed E-state index contributed by atoms with van der Waals surface area (Å²) in [6.45, 7) is 1.92. The van der Waals surface area contributed by atoms with Crippen molar-refractivity contribution >= 4 is 17.7 Å². The minimum Gasteiger partial charge on any atom is -0.478 e. The molecule has 6 nitrogen and oxygen atoms in total. The largest absolute Gasteiger partial charge is 0.478 e. The number of rotatable bonds is 5. The Kier molecular flexibility index (Phi) is 4.80. The fraction of sp³-hybridized carbons (Fsp3) is 0.417. The highest BCUT2D eigenvalue weighted by Crippen LogP contribution is 2.19. The fourth-order valence-electron chi connectivity index (χ4n) is 1.69. The monoisotopic (exact) mass is 269 g/mol. The number of halogens is 1. The third kappa shape index (κ3) is 3.40. The lowest BCUT2D eigenvalue weighted by Crippen LogP contribution is -2.35. The summed E-state index contributed by atoms with van der Waals surface area (Å²) in [5.41, 5.74) is -0.440. The first-order valence-corrected chi connectivity index (χ1v) is 5.69. The molecule has 1 aromatic heterocycles. The van der Waals surface area contributed by atoms with Gasteiger partial charge in [-0.2, -0.15) is 0 Å². The molecule has 19 heavy (non-hydrogen) atoms. The molecule has 0 aliphatic heterocycles. The number of nitrogens with zero attached hydrogens (tertiary/aromatic N) is 2. The molecule has 0 saturated carbocycles. The van der Waals surface area contributed by atoms with E-state index in [1.165, 1.54) is 18.1 Å². The van der Waals surface area contributed by atoms with Crippen LogP contribution in [0.5, 0.6) is 0 Å². The quantitative estimate of drug-likeness (QED) is 0.823. The van der Waals surface area contributed by atoms with Gasteiger partial charge in [0, 0.05) is 26.8 Å². The van der Waals surface area contributed by atoms with E-state index in [1.807, 2.05) is 0 Å². The summed E-state index contributed by atoms with van der Waals surface area (Å²) in [6.07, 6.45) is 1.23. The lowest BCUT2D eigenvalue weighted by Gasteiger charge is -2.22. The minimum atomic E-state index is -1.35. The summed E-state index contributed by atoms with van der Waals surface area (Å²) < 4.78 is 13.9. The van der Waals surface area contributed by atoms with Crippen LogP contribution in [0.2, 0.25) is 0 Å². The smallest absolute Gasteiger partial charge is 0.338 e. The molecule has 1 rings (SSSR count). The normalized spacial score (nSPS) is 11.8. The Morgan fingerprint density at radius 1 is 1.58 bits per heavy atom. The highest BCUT2D eigenvalue weighted by Gasteiger charge is 2.20. The van der Waals surface area contributed by atoms with Gasteiger partial charge in [-0.05, 0) is 6.07 Å². The van der Waals surface area contributed by atoms with E-state index in [0.717, 1.165) is 6.07 Å². The van der Waals surface area contributed by atoms with Crippen LogP contribution in [0.25, 0.3) is 0 Å². The van der Waals surface area contributed by atoms with Crippen LogP contribution in [-0.4, -0.2) is 42.6 Å². The number of carbonyl (C=O) groups excluding carboxylic acids is 1. The van der Waals surface area contributed by atoms with Crippen LogP contribution in [0.15, 0.2) is 12.3 Å². The number of hydrogen-bond acceptors (Lipinski definition) is 4. The second kappa shape index (κ2) is 6.12. The van der Waals surface area contributed by atoms with Gasteiger partial charge in [-0.1, -0.05) is 6.92 Å². The number of carboxylic acid groups (broad SMARTS) is 1. The molecule has 1 unspecified atom stereocenters. The van der Waals surface area contributed by atoms with Gasteiger partial charge in [0.05, 0.1) is 5.92 Å². The number of pyridine rings is 1. The zero-order valence-corrected chi connectivity index (χ0v) is 11.0. The molecule has 0 aliphatic carbocycles. The third-order valence-corrected chi connectivity index (χ3v) is 2.70. The number of carboxylic acids is 1. The molecule has 0 aliphatic rings. The van der Waals surface area contributed by atoms with Gasteiger partial charge in [-0.3, -0.25) is 4.79 Å². The number of aromatic nitrogens is 1. The maximum atomic E-state index is 13.9. The number of amides is 1. The van der Waals surface area contributed by atoms with Crippen molar-refractivity contribution in [3.05, 3.63) is 23.6 Å². The zero-order valence-electron chi connectivity index (χ0n) is 11.0. The van der Waals surface area contributed by atoms with Crippen molar-refractivity contribution in [2.75, 3.05) is 25.5 Å². The van der Waals surface area contributed by atoms with Crippen LogP contribution >= 0.6 is 0 Å². The lowest BCUT2D eigenvalue weighted by molar-refractivity contribution is -0.123. The molecule has 1 aromatic rings. The van der Waals surface area contributed by atoms with Crippen molar-refractivity contribution in [1.82, 2.24) is 10.3 Å². The average molecular weight is 269 g/mol. The topological polar surface area (TPSA) is 82.5 Å². The van der Waals surface area contributed by atoms with Crippen molar-refractivity contribution in [3.8, 4) is 0 Å². The van der Waals surface area contributed by atoms with Gasteiger partial charge in [0.15, 0.2) is 11.6 Å². The van der Waals surface area contributed by atoms with Crippen molar-refractivity contribution in [1.29, 1.82) is 0 Å². The molecule has 7 heteroatoms. The summed E-state index contributed by atoms with van der Waals surface area (Å²) in [6, 6.07) is 1.09. The first-order chi connectivity index (χ1) is 8.88. The molecule has 0 radical (unpaired) electrons. The van der Waals surface area contributed by atoms with Crippen LogP contribution in [0.1, 0.15) is 17.3 Å². The number of aromatic carboxylic acids is 1. The Bertz CT molecular complexity index is 493. The van der Waals surface area contributed by atoms with Crippen LogP contribution < -0.4 is 10.2 Å². The second-order valence-electron chi connectivity index (χ2n) is 4.20. The molecule has 0 fully saturated rings. The maximum absolute atomic E-state index is 13.9. The average Bonchev–Trinajstić information content (AvgIpc) is 2.37. The molecule has 2 N–H and O–H groups in total. The van der Waals surface area contributed by atoms with Gasteiger partial charge in [0.25, 0.3) is 0 Å². The molecule has 1 amide bonds. The van der Waals surface area contributed by atoms with E-state index in [-0.39, 0.29) is 24.2 Å². The van der Waals surface area contributed by atoms with E-state index >= 15 is 0 Å². The van der Waals surface area contributed by atoms with Gasteiger partial charge >= 0.3 is 5.97 Å². The van der Waals surface area contributed by atoms with E-state index < -0.39 is 17.3 Å². The Balaban J connectivity index is 2.94. The molecule has 0 aromatic carbocycles. The number of hydrogen-bond donors (Lipinski definition) is 2. The predicted molar refractivity (Wildman–Crippen MR) is 67.7 cm³/mol. The molecule has 0 saturated heterocycles. The minimum absolute atomic E-state index is 0.0874. The molecule has 0 bridgehead atoms. The van der Waals surface area contributed by atoms with Crippen molar-refractivity contribution in [2.24, 2.45) is 5.92 Å². The summed E-state index contributed by atoms with van der Waals surface area (Å²) in [7, 11) is 3.07. The van der Waals surface area contributed by atoms with Crippen LogP contribution in [0.4, 0.5) is 10.2 Å². The van der Waals surface area contributed by atoms with Gasteiger partial charge in [0.2, 0.25) is 5.91 Å². The van der Waals surface area contributed by atoms with Gasteiger partial charge in [0.1, 0.15) is 5.56 Å². The van der Waals surface area contributed by atoms with Crippen LogP contribution in [0, 0.1) is 11.7 Å². The summed E-state index contributed by atoms with van der Waals surface area (Å²) >= 11 is 0. The molecule has 104 valence electrons. The van der Waals surface area contributed by atoms with Crippen molar-refractivity contribution in [3.63, 3.8) is 0 Å². The van der Waals surface area contributed by atoms with Gasteiger partial charge in [-0.15, -0.1) is 0 Å². The van der Waals surface area contributed by atoms with E-state index in [4.69, 9.17) is 5.11 Å². The highest BCUT2D eigenvalue weighted by molar-refractivity contribution is 5.88. The Labute approximate surface area is 110 Å². The molecule has 0 spiro atoms. The summed E-state index contributed by atoms with van der Waals surface area (Å²) in [5, 5.41) is 11.3. The molecular weight excluding hydrogens is 253 g/mol. The van der Waals surface area contributed by atoms with E-state index in [9.17, 15) is 14.0 Å². The fourth-order valence-corrected chi connectivity index (χ4v) is 1.69. The standard InChI is InChI=1S/C12H16FN3O3/c1-7(11(17)14-2)6-16(3)10-9(13)8(12(18)19)4-5-15-10/h4-5,7H,6H2,1-3H3,(H,14,17)(H,18,19). The van der Waals surface area contributed by atoms with Gasteiger partial charge in [-0.25, -0.2) is 14.2 Å². The molecular formula is C12H16FN3O3. The number of nitrogens with one attached hydrogen (secondary N) is 1. The highest BCUT2D eigenvalue weighted by atomic mass is 19.1. The van der Waals surface area contributed by atoms with E-state index in [1.54, 1.807) is 14.0 Å². The SMILES string of the molecule is CNC(=O)C(C)CN(C)c1nccc(C(=O)O)c1F. The summed E-state index contributed by atoms with van der Waals surface area (Å²) in [5.74, 6) is -2.89. The Morgan fingerprint density at radius 3 is 2.74 bits per heavy atom. The Hall–Kier alpha value is -2.18. The van der Waals surface area contributed by atoms with Gasteiger partial charge < -0.3 is 15.3 Å². The molecule has 1 atom stereocenters. The predicted octanol–water partition coefficient (Wildman–Crippen LogP) is 0.737. The van der Waals surface area contributed by atoms with Crippen molar-refractivity contribution in [2.45, 2.75) is 6.92 Å². The number of carbonyl (C=O) groups is 2. The van der Waals surface area contributed by atoms with E-state index in [2.05, 4.69) is 10.3 Å². The lowest BCUT2D eigenvalue weighted by atomic mass is 10.1. The second-order valence-corrected chi connectivity index (χ2v) is 4.20. The third-order valence-electron chi connectivity index (χ3n) is 2.70. The molecule has 1 heterocycles.